The number of fused-ring (bicyclic) bond motifs is 2. The van der Waals surface area contributed by atoms with Gasteiger partial charge in [0.1, 0.15) is 5.56 Å². The number of carboxylic acids is 1. The van der Waals surface area contributed by atoms with Crippen LogP contribution in [0.3, 0.4) is 0 Å². The summed E-state index contributed by atoms with van der Waals surface area (Å²) >= 11 is 1.76. The molecule has 31 heavy (non-hydrogen) atoms. The molecule has 0 bridgehead atoms. The Labute approximate surface area is 189 Å². The van der Waals surface area contributed by atoms with Gasteiger partial charge in [0, 0.05) is 27.6 Å². The number of H-pyrrole nitrogens is 1. The van der Waals surface area contributed by atoms with E-state index in [4.69, 9.17) is 10.5 Å². The van der Waals surface area contributed by atoms with E-state index in [1.54, 1.807) is 18.4 Å². The number of benzene rings is 1. The monoisotopic (exact) mass is 460 g/mol. The molecule has 4 N–H and O–H groups in total. The number of aromatic amines is 1. The Kier molecular flexibility index (Phi) is 5.62. The number of aromatic nitrogens is 1. The van der Waals surface area contributed by atoms with E-state index in [1.165, 1.54) is 16.6 Å². The molecule has 0 spiro atoms. The molecule has 2 aliphatic carbocycles. The Morgan fingerprint density at radius 3 is 2.65 bits per heavy atom. The number of aryl methyl sites for hydroxylation is 1. The molecular weight excluding hydrogens is 436 g/mol. The predicted molar refractivity (Wildman–Crippen MR) is 125 cm³/mol. The van der Waals surface area contributed by atoms with Gasteiger partial charge in [-0.25, -0.2) is 4.79 Å². The zero-order valence-electron chi connectivity index (χ0n) is 17.4. The van der Waals surface area contributed by atoms with E-state index in [9.17, 15) is 14.7 Å². The summed E-state index contributed by atoms with van der Waals surface area (Å²) in [5, 5.41) is 9.72. The standard InChI is InChI=1S/C23H24N2O4S.ClH/c1-10-3-6-16-13(19(10)24)8-17(30-16)18-12(11-4-5-11)7-14-20(22(18)29-2)25-9-15(21(14)26)23(27)28;/h7-11,19H,3-6,24H2,1-2H3,(H,25,26)(H,27,28);1H. The normalized spacial score (nSPS) is 20.2. The predicted octanol–water partition coefficient (Wildman–Crippen LogP) is 4.84. The molecule has 0 radical (unpaired) electrons. The molecule has 2 aliphatic rings. The Balaban J connectivity index is 0.00000231. The number of halogens is 1. The van der Waals surface area contributed by atoms with Crippen LogP contribution < -0.4 is 15.9 Å². The Morgan fingerprint density at radius 1 is 1.26 bits per heavy atom. The van der Waals surface area contributed by atoms with Crippen molar-refractivity contribution in [2.45, 2.75) is 44.6 Å². The number of ether oxygens (including phenoxy) is 1. The van der Waals surface area contributed by atoms with Gasteiger partial charge in [-0.1, -0.05) is 6.92 Å². The third-order valence-electron chi connectivity index (χ3n) is 6.50. The fraction of sp³-hybridized carbons (Fsp3) is 0.391. The molecule has 0 aliphatic heterocycles. The van der Waals surface area contributed by atoms with Crippen LogP contribution in [0.5, 0.6) is 5.75 Å². The number of nitrogens with one attached hydrogen (secondary N) is 1. The van der Waals surface area contributed by atoms with Crippen molar-refractivity contribution in [2.75, 3.05) is 7.11 Å². The number of rotatable bonds is 4. The van der Waals surface area contributed by atoms with Crippen LogP contribution in [-0.2, 0) is 6.42 Å². The minimum Gasteiger partial charge on any atom is -0.494 e. The minimum absolute atomic E-state index is 0. The maximum absolute atomic E-state index is 12.8. The van der Waals surface area contributed by atoms with Crippen LogP contribution in [0.1, 0.15) is 64.5 Å². The van der Waals surface area contributed by atoms with E-state index in [-0.39, 0.29) is 24.0 Å². The highest BCUT2D eigenvalue weighted by atomic mass is 35.5. The molecule has 3 aromatic rings. The molecule has 2 unspecified atom stereocenters. The van der Waals surface area contributed by atoms with Gasteiger partial charge in [0.2, 0.25) is 5.43 Å². The smallest absolute Gasteiger partial charge is 0.341 e. The second-order valence-electron chi connectivity index (χ2n) is 8.44. The Bertz CT molecular complexity index is 1240. The lowest BCUT2D eigenvalue weighted by molar-refractivity contribution is 0.0695. The Hall–Kier alpha value is -2.35. The van der Waals surface area contributed by atoms with E-state index >= 15 is 0 Å². The van der Waals surface area contributed by atoms with Gasteiger partial charge in [0.05, 0.1) is 18.0 Å². The fourth-order valence-electron chi connectivity index (χ4n) is 4.58. The zero-order chi connectivity index (χ0) is 21.2. The Morgan fingerprint density at radius 2 is 2.00 bits per heavy atom. The van der Waals surface area contributed by atoms with E-state index in [0.717, 1.165) is 41.7 Å². The molecule has 1 saturated carbocycles. The lowest BCUT2D eigenvalue weighted by atomic mass is 9.85. The van der Waals surface area contributed by atoms with Gasteiger partial charge >= 0.3 is 5.97 Å². The first-order valence-electron chi connectivity index (χ1n) is 10.3. The molecule has 2 atom stereocenters. The van der Waals surface area contributed by atoms with Crippen LogP contribution in [0.4, 0.5) is 0 Å². The number of thiophene rings is 1. The van der Waals surface area contributed by atoms with Gasteiger partial charge in [-0.15, -0.1) is 23.7 Å². The molecular formula is C23H25ClN2O4S. The van der Waals surface area contributed by atoms with E-state index < -0.39 is 11.4 Å². The summed E-state index contributed by atoms with van der Waals surface area (Å²) in [5.74, 6) is 0.178. The number of hydrogen-bond donors (Lipinski definition) is 3. The number of pyridine rings is 1. The van der Waals surface area contributed by atoms with Crippen LogP contribution in [0.25, 0.3) is 21.3 Å². The summed E-state index contributed by atoms with van der Waals surface area (Å²) < 4.78 is 5.82. The minimum atomic E-state index is -1.23. The first kappa shape index (κ1) is 21.9. The van der Waals surface area contributed by atoms with Crippen LogP contribution in [-0.4, -0.2) is 23.2 Å². The summed E-state index contributed by atoms with van der Waals surface area (Å²) in [6.07, 6.45) is 5.48. The second kappa shape index (κ2) is 7.97. The van der Waals surface area contributed by atoms with Crippen LogP contribution in [0, 0.1) is 5.92 Å². The van der Waals surface area contributed by atoms with E-state index in [0.29, 0.717) is 28.5 Å². The average molecular weight is 461 g/mol. The summed E-state index contributed by atoms with van der Waals surface area (Å²) in [5.41, 5.74) is 9.57. The number of hydrogen-bond acceptors (Lipinski definition) is 5. The highest BCUT2D eigenvalue weighted by molar-refractivity contribution is 7.15. The second-order valence-corrected chi connectivity index (χ2v) is 9.58. The van der Waals surface area contributed by atoms with Crippen LogP contribution >= 0.6 is 23.7 Å². The summed E-state index contributed by atoms with van der Waals surface area (Å²) in [4.78, 5) is 29.7. The third kappa shape index (κ3) is 3.45. The maximum atomic E-state index is 12.8. The SMILES string of the molecule is COc1c(-c2cc3c(s2)CCC(C)C3N)c(C2CC2)cc2c(=O)c(C(=O)O)c[nH]c12.Cl. The van der Waals surface area contributed by atoms with E-state index in [2.05, 4.69) is 18.0 Å². The van der Waals surface area contributed by atoms with Crippen molar-refractivity contribution >= 4 is 40.6 Å². The third-order valence-corrected chi connectivity index (χ3v) is 7.73. The zero-order valence-corrected chi connectivity index (χ0v) is 19.0. The van der Waals surface area contributed by atoms with Gasteiger partial charge in [-0.3, -0.25) is 4.79 Å². The van der Waals surface area contributed by atoms with Gasteiger partial charge in [-0.05, 0) is 60.8 Å². The molecule has 1 aromatic carbocycles. The van der Waals surface area contributed by atoms with Gasteiger partial charge < -0.3 is 20.6 Å². The number of aromatic carboxylic acids is 1. The van der Waals surface area contributed by atoms with Crippen LogP contribution in [0.2, 0.25) is 0 Å². The molecule has 1 fully saturated rings. The highest BCUT2D eigenvalue weighted by Gasteiger charge is 2.33. The van der Waals surface area contributed by atoms with Crippen molar-refractivity contribution in [1.82, 2.24) is 4.98 Å². The quantitative estimate of drug-likeness (QED) is 0.516. The molecule has 5 rings (SSSR count). The van der Waals surface area contributed by atoms with Gasteiger partial charge in [0.15, 0.2) is 5.75 Å². The number of carbonyl (C=O) groups is 1. The highest BCUT2D eigenvalue weighted by Crippen LogP contribution is 2.52. The maximum Gasteiger partial charge on any atom is 0.341 e. The largest absolute Gasteiger partial charge is 0.494 e. The first-order valence-corrected chi connectivity index (χ1v) is 11.1. The van der Waals surface area contributed by atoms with Gasteiger partial charge in [-0.2, -0.15) is 0 Å². The molecule has 0 saturated heterocycles. The fourth-order valence-corrected chi connectivity index (χ4v) is 5.87. The lowest BCUT2D eigenvalue weighted by Crippen LogP contribution is -2.23. The average Bonchev–Trinajstić information content (AvgIpc) is 3.48. The van der Waals surface area contributed by atoms with Crippen molar-refractivity contribution in [3.63, 3.8) is 0 Å². The molecule has 0 amide bonds. The van der Waals surface area contributed by atoms with Crippen molar-refractivity contribution < 1.29 is 14.6 Å². The molecule has 2 aromatic heterocycles. The molecule has 2 heterocycles. The number of nitrogens with two attached hydrogens (primary N) is 1. The summed E-state index contributed by atoms with van der Waals surface area (Å²) in [6, 6.07) is 4.10. The van der Waals surface area contributed by atoms with Crippen molar-refractivity contribution in [1.29, 1.82) is 0 Å². The lowest BCUT2D eigenvalue weighted by Gasteiger charge is -2.25. The van der Waals surface area contributed by atoms with Crippen molar-refractivity contribution in [3.05, 3.63) is 50.1 Å². The van der Waals surface area contributed by atoms with E-state index in [1.807, 2.05) is 6.07 Å². The van der Waals surface area contributed by atoms with Crippen molar-refractivity contribution in [2.24, 2.45) is 11.7 Å². The van der Waals surface area contributed by atoms with Crippen LogP contribution in [0.15, 0.2) is 23.1 Å². The van der Waals surface area contributed by atoms with Gasteiger partial charge in [0.25, 0.3) is 0 Å². The number of carboxylic acid groups (broad SMARTS) is 1. The molecule has 8 heteroatoms. The van der Waals surface area contributed by atoms with Crippen molar-refractivity contribution in [3.8, 4) is 16.2 Å². The topological polar surface area (TPSA) is 105 Å². The summed E-state index contributed by atoms with van der Waals surface area (Å²) in [7, 11) is 1.60. The first-order chi connectivity index (χ1) is 14.4. The molecule has 6 nitrogen and oxygen atoms in total. The summed E-state index contributed by atoms with van der Waals surface area (Å²) in [6.45, 7) is 2.20. The number of methoxy groups -OCH3 is 1. The molecule has 164 valence electrons.